The fourth-order valence-electron chi connectivity index (χ4n) is 3.71. The van der Waals surface area contributed by atoms with Crippen LogP contribution in [0.5, 0.6) is 5.75 Å². The summed E-state index contributed by atoms with van der Waals surface area (Å²) in [4.78, 5) is 19.2. The van der Waals surface area contributed by atoms with Crippen molar-refractivity contribution in [3.63, 3.8) is 0 Å². The van der Waals surface area contributed by atoms with Crippen LogP contribution in [0.1, 0.15) is 35.0 Å². The van der Waals surface area contributed by atoms with Gasteiger partial charge in [-0.1, -0.05) is 12.1 Å². The Morgan fingerprint density at radius 1 is 1.20 bits per heavy atom. The van der Waals surface area contributed by atoms with Crippen LogP contribution in [0.15, 0.2) is 51.8 Å². The number of fused-ring (bicyclic) bond motifs is 1. The quantitative estimate of drug-likeness (QED) is 0.669. The average Bonchev–Trinajstić information content (AvgIpc) is 3.22. The van der Waals surface area contributed by atoms with E-state index in [0.29, 0.717) is 24.5 Å². The Bertz CT molecular complexity index is 1150. The summed E-state index contributed by atoms with van der Waals surface area (Å²) in [6.07, 6.45) is 1.47. The van der Waals surface area contributed by atoms with E-state index in [1.807, 2.05) is 24.3 Å². The maximum atomic E-state index is 13.0. The summed E-state index contributed by atoms with van der Waals surface area (Å²) in [6, 6.07) is 12.1. The molecule has 3 aromatic rings. The molecule has 0 unspecified atom stereocenters. The van der Waals surface area contributed by atoms with Gasteiger partial charge in [0.05, 0.1) is 7.11 Å². The van der Waals surface area contributed by atoms with E-state index in [0.717, 1.165) is 23.9 Å². The van der Waals surface area contributed by atoms with Gasteiger partial charge >= 0.3 is 0 Å². The maximum Gasteiger partial charge on any atom is 0.253 e. The molecule has 2 heterocycles. The van der Waals surface area contributed by atoms with Crippen molar-refractivity contribution in [2.45, 2.75) is 23.7 Å². The molecular formula is C21H23N3O5S. The molecule has 1 N–H and O–H groups in total. The first-order chi connectivity index (χ1) is 14.4. The number of hydrogen-bond donors (Lipinski definition) is 1. The lowest BCUT2D eigenvalue weighted by Crippen LogP contribution is -2.38. The van der Waals surface area contributed by atoms with Gasteiger partial charge in [0.15, 0.2) is 11.5 Å². The largest absolute Gasteiger partial charge is 0.495 e. The summed E-state index contributed by atoms with van der Waals surface area (Å²) in [6.45, 7) is 1.09. The van der Waals surface area contributed by atoms with Gasteiger partial charge in [-0.05, 0) is 50.2 Å². The molecule has 1 aromatic heterocycles. The topological polar surface area (TPSA) is 102 Å². The van der Waals surface area contributed by atoms with Crippen LogP contribution in [0.2, 0.25) is 0 Å². The van der Waals surface area contributed by atoms with Crippen LogP contribution in [-0.2, 0) is 10.0 Å². The molecule has 8 nitrogen and oxygen atoms in total. The molecule has 1 fully saturated rings. The molecule has 1 aliphatic heterocycles. The number of sulfonamides is 1. The highest BCUT2D eigenvalue weighted by Crippen LogP contribution is 2.31. The zero-order valence-corrected chi connectivity index (χ0v) is 17.6. The van der Waals surface area contributed by atoms with Crippen molar-refractivity contribution in [3.05, 3.63) is 53.9 Å². The number of rotatable bonds is 5. The first-order valence-corrected chi connectivity index (χ1v) is 11.2. The number of nitrogens with one attached hydrogen (secondary N) is 1. The lowest BCUT2D eigenvalue weighted by atomic mass is 9.96. The molecule has 0 atom stereocenters. The van der Waals surface area contributed by atoms with Gasteiger partial charge in [0.1, 0.15) is 16.2 Å². The number of aromatic nitrogens is 1. The minimum Gasteiger partial charge on any atom is -0.495 e. The highest BCUT2D eigenvalue weighted by Gasteiger charge is 2.28. The van der Waals surface area contributed by atoms with E-state index in [9.17, 15) is 13.2 Å². The van der Waals surface area contributed by atoms with E-state index in [4.69, 9.17) is 9.15 Å². The van der Waals surface area contributed by atoms with Gasteiger partial charge in [0, 0.05) is 24.6 Å². The summed E-state index contributed by atoms with van der Waals surface area (Å²) in [5.41, 5.74) is 1.91. The maximum absolute atomic E-state index is 13.0. The molecule has 0 bridgehead atoms. The third kappa shape index (κ3) is 3.78. The Morgan fingerprint density at radius 3 is 2.60 bits per heavy atom. The van der Waals surface area contributed by atoms with Crippen molar-refractivity contribution in [2.75, 3.05) is 27.2 Å². The molecule has 1 aliphatic rings. The number of para-hydroxylation sites is 2. The number of carbonyl (C=O) groups is 1. The van der Waals surface area contributed by atoms with Crippen molar-refractivity contribution in [2.24, 2.45) is 0 Å². The highest BCUT2D eigenvalue weighted by atomic mass is 32.2. The van der Waals surface area contributed by atoms with E-state index < -0.39 is 10.0 Å². The van der Waals surface area contributed by atoms with Gasteiger partial charge in [-0.15, -0.1) is 0 Å². The third-order valence-corrected chi connectivity index (χ3v) is 6.85. The van der Waals surface area contributed by atoms with Crippen molar-refractivity contribution >= 4 is 27.0 Å². The van der Waals surface area contributed by atoms with Crippen LogP contribution in [0, 0.1) is 0 Å². The van der Waals surface area contributed by atoms with E-state index in [2.05, 4.69) is 9.71 Å². The highest BCUT2D eigenvalue weighted by molar-refractivity contribution is 7.89. The van der Waals surface area contributed by atoms with Crippen LogP contribution < -0.4 is 9.46 Å². The van der Waals surface area contributed by atoms with Crippen molar-refractivity contribution in [1.82, 2.24) is 14.6 Å². The Kier molecular flexibility index (Phi) is 5.48. The van der Waals surface area contributed by atoms with Gasteiger partial charge in [-0.2, -0.15) is 0 Å². The van der Waals surface area contributed by atoms with Crippen LogP contribution >= 0.6 is 0 Å². The van der Waals surface area contributed by atoms with Crippen molar-refractivity contribution in [3.8, 4) is 5.75 Å². The number of likely N-dealkylation sites (tertiary alicyclic amines) is 1. The standard InChI is InChI=1S/C21H23N3O5S/c1-22-30(26,27)19-13-15(7-8-18(19)28-2)21(25)24-11-9-14(10-12-24)20-23-16-5-3-4-6-17(16)29-20/h3-8,13-14,22H,9-12H2,1-2H3. The predicted molar refractivity (Wildman–Crippen MR) is 111 cm³/mol. The minimum atomic E-state index is -3.75. The average molecular weight is 429 g/mol. The Morgan fingerprint density at radius 2 is 1.93 bits per heavy atom. The molecule has 158 valence electrons. The lowest BCUT2D eigenvalue weighted by molar-refractivity contribution is 0.0706. The number of ether oxygens (including phenoxy) is 1. The Labute approximate surface area is 174 Å². The van der Waals surface area contributed by atoms with E-state index in [-0.39, 0.29) is 22.5 Å². The fraction of sp³-hybridized carbons (Fsp3) is 0.333. The molecule has 0 spiro atoms. The zero-order valence-electron chi connectivity index (χ0n) is 16.8. The minimum absolute atomic E-state index is 0.0558. The van der Waals surface area contributed by atoms with Crippen LogP contribution in [0.3, 0.4) is 0 Å². The van der Waals surface area contributed by atoms with Crippen molar-refractivity contribution < 1.29 is 22.4 Å². The number of nitrogens with zero attached hydrogens (tertiary/aromatic N) is 2. The van der Waals surface area contributed by atoms with Crippen LogP contribution in [0.4, 0.5) is 0 Å². The molecule has 30 heavy (non-hydrogen) atoms. The molecule has 2 aromatic carbocycles. The van der Waals surface area contributed by atoms with Gasteiger partial charge in [0.2, 0.25) is 10.0 Å². The van der Waals surface area contributed by atoms with Crippen molar-refractivity contribution in [1.29, 1.82) is 0 Å². The fourth-order valence-corrected chi connectivity index (χ4v) is 4.62. The summed E-state index contributed by atoms with van der Waals surface area (Å²) < 4.78 is 37.8. The Hall–Kier alpha value is -2.91. The zero-order chi connectivity index (χ0) is 21.3. The summed E-state index contributed by atoms with van der Waals surface area (Å²) in [5, 5.41) is 0. The predicted octanol–water partition coefficient (Wildman–Crippen LogP) is 2.76. The smallest absolute Gasteiger partial charge is 0.253 e. The second-order valence-corrected chi connectivity index (χ2v) is 9.01. The SMILES string of the molecule is CNS(=O)(=O)c1cc(C(=O)N2CCC(c3nc4ccccc4o3)CC2)ccc1OC. The lowest BCUT2D eigenvalue weighted by Gasteiger charge is -2.30. The number of hydrogen-bond acceptors (Lipinski definition) is 6. The van der Waals surface area contributed by atoms with Crippen LogP contribution in [-0.4, -0.2) is 51.5 Å². The molecule has 1 saturated heterocycles. The molecule has 0 aliphatic carbocycles. The summed E-state index contributed by atoms with van der Waals surface area (Å²) in [5.74, 6) is 0.837. The summed E-state index contributed by atoms with van der Waals surface area (Å²) in [7, 11) is -1.04. The summed E-state index contributed by atoms with van der Waals surface area (Å²) >= 11 is 0. The number of methoxy groups -OCH3 is 1. The number of carbonyl (C=O) groups excluding carboxylic acids is 1. The van der Waals surface area contributed by atoms with Crippen LogP contribution in [0.25, 0.3) is 11.1 Å². The van der Waals surface area contributed by atoms with E-state index in [1.165, 1.54) is 26.3 Å². The van der Waals surface area contributed by atoms with Gasteiger partial charge < -0.3 is 14.1 Å². The molecular weight excluding hydrogens is 406 g/mol. The first-order valence-electron chi connectivity index (χ1n) is 9.69. The molecule has 9 heteroatoms. The van der Waals surface area contributed by atoms with Gasteiger partial charge in [-0.3, -0.25) is 4.79 Å². The number of amides is 1. The third-order valence-electron chi connectivity index (χ3n) is 5.41. The Balaban J connectivity index is 1.49. The van der Waals surface area contributed by atoms with E-state index >= 15 is 0 Å². The first kappa shape index (κ1) is 20.4. The molecule has 4 rings (SSSR count). The molecule has 1 amide bonds. The number of piperidine rings is 1. The number of oxazole rings is 1. The second kappa shape index (κ2) is 8.08. The monoisotopic (exact) mass is 429 g/mol. The molecule has 0 radical (unpaired) electrons. The van der Waals surface area contributed by atoms with Gasteiger partial charge in [-0.25, -0.2) is 18.1 Å². The normalized spacial score (nSPS) is 15.5. The second-order valence-electron chi connectivity index (χ2n) is 7.16. The molecule has 0 saturated carbocycles. The van der Waals surface area contributed by atoms with E-state index in [1.54, 1.807) is 11.0 Å². The van der Waals surface area contributed by atoms with Gasteiger partial charge in [0.25, 0.3) is 5.91 Å². The number of benzene rings is 2.